The Morgan fingerprint density at radius 3 is 2.33 bits per heavy atom. The van der Waals surface area contributed by atoms with E-state index < -0.39 is 0 Å². The number of aryl methyl sites for hydroxylation is 1. The minimum atomic E-state index is 0.521. The maximum atomic E-state index is 5.66. The van der Waals surface area contributed by atoms with E-state index in [0.717, 1.165) is 5.75 Å². The highest BCUT2D eigenvalue weighted by atomic mass is 16.5. The molecule has 0 saturated heterocycles. The van der Waals surface area contributed by atoms with Crippen molar-refractivity contribution in [3.05, 3.63) is 22.8 Å². The molecule has 0 amide bonds. The Kier molecular flexibility index (Phi) is 3.58. The molecule has 2 N–H and O–H groups in total. The molecule has 84 valence electrons. The van der Waals surface area contributed by atoms with Gasteiger partial charge in [-0.2, -0.15) is 0 Å². The lowest BCUT2D eigenvalue weighted by Gasteiger charge is -2.24. The van der Waals surface area contributed by atoms with Gasteiger partial charge in [-0.15, -0.1) is 0 Å². The Labute approximate surface area is 91.8 Å². The molecule has 0 aliphatic rings. The fourth-order valence-corrected chi connectivity index (χ4v) is 1.92. The molecule has 0 heterocycles. The summed E-state index contributed by atoms with van der Waals surface area (Å²) in [5.74, 6) is 0.944. The number of nitrogens with two attached hydrogens (primary N) is 1. The number of rotatable bonds is 3. The van der Waals surface area contributed by atoms with E-state index in [1.54, 1.807) is 7.11 Å². The summed E-state index contributed by atoms with van der Waals surface area (Å²) in [4.78, 5) is 2.05. The molecule has 0 bridgehead atoms. The average molecular weight is 208 g/mol. The first-order valence-corrected chi connectivity index (χ1v) is 5.09. The zero-order valence-corrected chi connectivity index (χ0v) is 10.2. The van der Waals surface area contributed by atoms with Crippen LogP contribution in [0.4, 0.5) is 5.69 Å². The number of ether oxygens (including phenoxy) is 1. The van der Waals surface area contributed by atoms with Crippen LogP contribution in [0.15, 0.2) is 6.07 Å². The first-order valence-electron chi connectivity index (χ1n) is 5.09. The van der Waals surface area contributed by atoms with Gasteiger partial charge in [-0.05, 0) is 43.5 Å². The molecule has 0 fully saturated rings. The van der Waals surface area contributed by atoms with E-state index in [2.05, 4.69) is 31.7 Å². The third kappa shape index (κ3) is 2.07. The van der Waals surface area contributed by atoms with Gasteiger partial charge in [0.25, 0.3) is 0 Å². The van der Waals surface area contributed by atoms with E-state index in [4.69, 9.17) is 10.5 Å². The van der Waals surface area contributed by atoms with Crippen molar-refractivity contribution < 1.29 is 4.74 Å². The number of anilines is 1. The zero-order valence-electron chi connectivity index (χ0n) is 10.2. The Balaban J connectivity index is 3.35. The molecule has 0 aromatic heterocycles. The van der Waals surface area contributed by atoms with Crippen LogP contribution in [0.2, 0.25) is 0 Å². The number of benzene rings is 1. The van der Waals surface area contributed by atoms with Crippen LogP contribution in [0.5, 0.6) is 5.75 Å². The zero-order chi connectivity index (χ0) is 11.6. The van der Waals surface area contributed by atoms with Crippen LogP contribution in [0.1, 0.15) is 16.7 Å². The maximum absolute atomic E-state index is 5.66. The third-order valence-electron chi connectivity index (χ3n) is 2.88. The van der Waals surface area contributed by atoms with Crippen molar-refractivity contribution >= 4 is 5.69 Å². The summed E-state index contributed by atoms with van der Waals surface area (Å²) in [5, 5.41) is 0. The molecule has 0 aliphatic carbocycles. The summed E-state index contributed by atoms with van der Waals surface area (Å²) < 4.78 is 5.33. The number of hydrogen-bond acceptors (Lipinski definition) is 3. The molecule has 1 rings (SSSR count). The highest BCUT2D eigenvalue weighted by Crippen LogP contribution is 2.32. The second kappa shape index (κ2) is 4.53. The summed E-state index contributed by atoms with van der Waals surface area (Å²) in [6.45, 7) is 6.78. The van der Waals surface area contributed by atoms with Gasteiger partial charge in [0.1, 0.15) is 5.75 Å². The molecule has 0 atom stereocenters. The second-order valence-corrected chi connectivity index (χ2v) is 3.87. The lowest BCUT2D eigenvalue weighted by atomic mass is 10.0. The van der Waals surface area contributed by atoms with Crippen molar-refractivity contribution in [2.45, 2.75) is 20.8 Å². The fraction of sp³-hybridized carbons (Fsp3) is 0.500. The van der Waals surface area contributed by atoms with E-state index in [-0.39, 0.29) is 0 Å². The Morgan fingerprint density at radius 2 is 1.87 bits per heavy atom. The summed E-state index contributed by atoms with van der Waals surface area (Å²) >= 11 is 0. The topological polar surface area (TPSA) is 38.5 Å². The molecule has 15 heavy (non-hydrogen) atoms. The first kappa shape index (κ1) is 11.9. The third-order valence-corrected chi connectivity index (χ3v) is 2.88. The molecule has 3 heteroatoms. The van der Waals surface area contributed by atoms with E-state index in [1.165, 1.54) is 22.4 Å². The lowest BCUT2D eigenvalue weighted by Crippen LogP contribution is -2.26. The van der Waals surface area contributed by atoms with Crippen LogP contribution in [0.3, 0.4) is 0 Å². The molecule has 0 aliphatic heterocycles. The predicted octanol–water partition coefficient (Wildman–Crippen LogP) is 1.97. The van der Waals surface area contributed by atoms with Gasteiger partial charge in [-0.3, -0.25) is 0 Å². The minimum Gasteiger partial charge on any atom is -0.496 e. The van der Waals surface area contributed by atoms with Gasteiger partial charge in [0.05, 0.1) is 13.8 Å². The van der Waals surface area contributed by atoms with E-state index in [9.17, 15) is 0 Å². The summed E-state index contributed by atoms with van der Waals surface area (Å²) in [6.07, 6.45) is 0. The number of methoxy groups -OCH3 is 1. The molecular formula is C12H20N2O. The molecule has 1 aromatic rings. The highest BCUT2D eigenvalue weighted by molar-refractivity contribution is 5.64. The first-order chi connectivity index (χ1) is 7.02. The van der Waals surface area contributed by atoms with Crippen LogP contribution < -0.4 is 15.4 Å². The van der Waals surface area contributed by atoms with Crippen LogP contribution in [-0.4, -0.2) is 20.8 Å². The number of nitrogens with zero attached hydrogens (tertiary/aromatic N) is 1. The van der Waals surface area contributed by atoms with Gasteiger partial charge in [-0.25, -0.2) is 0 Å². The van der Waals surface area contributed by atoms with E-state index in [1.807, 2.05) is 7.05 Å². The highest BCUT2D eigenvalue weighted by Gasteiger charge is 2.12. The van der Waals surface area contributed by atoms with Crippen molar-refractivity contribution in [3.63, 3.8) is 0 Å². The molecule has 1 aromatic carbocycles. The monoisotopic (exact) mass is 208 g/mol. The SMILES string of the molecule is COc1cc(C)c(N(C)CN)c(C)c1C. The summed E-state index contributed by atoms with van der Waals surface area (Å²) in [6, 6.07) is 2.06. The van der Waals surface area contributed by atoms with Crippen molar-refractivity contribution in [1.29, 1.82) is 0 Å². The summed E-state index contributed by atoms with van der Waals surface area (Å²) in [7, 11) is 3.70. The van der Waals surface area contributed by atoms with Crippen LogP contribution in [-0.2, 0) is 0 Å². The molecule has 3 nitrogen and oxygen atoms in total. The van der Waals surface area contributed by atoms with Gasteiger partial charge in [-0.1, -0.05) is 0 Å². The Hall–Kier alpha value is -1.22. The maximum Gasteiger partial charge on any atom is 0.122 e. The van der Waals surface area contributed by atoms with Gasteiger partial charge in [0.2, 0.25) is 0 Å². The summed E-state index contributed by atoms with van der Waals surface area (Å²) in [5.41, 5.74) is 10.5. The molecule has 0 unspecified atom stereocenters. The van der Waals surface area contributed by atoms with Gasteiger partial charge in [0, 0.05) is 12.7 Å². The Morgan fingerprint density at radius 1 is 1.27 bits per heavy atom. The minimum absolute atomic E-state index is 0.521. The van der Waals surface area contributed by atoms with Gasteiger partial charge >= 0.3 is 0 Å². The van der Waals surface area contributed by atoms with Gasteiger partial charge < -0.3 is 15.4 Å². The van der Waals surface area contributed by atoms with Crippen molar-refractivity contribution in [2.24, 2.45) is 5.73 Å². The standard InChI is InChI=1S/C12H20N2O/c1-8-6-11(15-5)9(2)10(3)12(8)14(4)7-13/h6H,7,13H2,1-5H3. The Bertz CT molecular complexity index is 361. The second-order valence-electron chi connectivity index (χ2n) is 3.87. The van der Waals surface area contributed by atoms with Crippen LogP contribution in [0, 0.1) is 20.8 Å². The molecule has 0 radical (unpaired) electrons. The molecular weight excluding hydrogens is 188 g/mol. The fourth-order valence-electron chi connectivity index (χ4n) is 1.92. The largest absolute Gasteiger partial charge is 0.496 e. The normalized spacial score (nSPS) is 10.3. The van der Waals surface area contributed by atoms with Gasteiger partial charge in [0.15, 0.2) is 0 Å². The van der Waals surface area contributed by atoms with E-state index >= 15 is 0 Å². The number of hydrogen-bond donors (Lipinski definition) is 1. The molecule has 0 saturated carbocycles. The van der Waals surface area contributed by atoms with Crippen molar-refractivity contribution in [3.8, 4) is 5.75 Å². The molecule has 0 spiro atoms. The van der Waals surface area contributed by atoms with Crippen molar-refractivity contribution in [1.82, 2.24) is 0 Å². The van der Waals surface area contributed by atoms with Crippen LogP contribution in [0.25, 0.3) is 0 Å². The predicted molar refractivity (Wildman–Crippen MR) is 64.7 cm³/mol. The van der Waals surface area contributed by atoms with Crippen LogP contribution >= 0.6 is 0 Å². The smallest absolute Gasteiger partial charge is 0.122 e. The van der Waals surface area contributed by atoms with E-state index in [0.29, 0.717) is 6.67 Å². The lowest BCUT2D eigenvalue weighted by molar-refractivity contribution is 0.411. The average Bonchev–Trinajstić information content (AvgIpc) is 2.23. The van der Waals surface area contributed by atoms with Crippen molar-refractivity contribution in [2.75, 3.05) is 25.7 Å². The quantitative estimate of drug-likeness (QED) is 0.772.